The maximum atomic E-state index is 12.9. The molecule has 0 aromatic rings. The van der Waals surface area contributed by atoms with E-state index in [1.807, 2.05) is 6.92 Å². The van der Waals surface area contributed by atoms with Crippen molar-refractivity contribution >= 4 is 5.84 Å². The van der Waals surface area contributed by atoms with Crippen molar-refractivity contribution in [3.63, 3.8) is 0 Å². The molecule has 1 saturated carbocycles. The van der Waals surface area contributed by atoms with Crippen molar-refractivity contribution in [2.24, 2.45) is 10.7 Å². The summed E-state index contributed by atoms with van der Waals surface area (Å²) in [5.74, 6) is -2.29. The predicted octanol–water partition coefficient (Wildman–Crippen LogP) is 1.94. The second kappa shape index (κ2) is 3.37. The Morgan fingerprint density at radius 3 is 2.75 bits per heavy atom. The quantitative estimate of drug-likeness (QED) is 0.506. The third-order valence-electron chi connectivity index (χ3n) is 2.16. The molecule has 0 aromatic heterocycles. The number of alkyl halides is 2. The van der Waals surface area contributed by atoms with Gasteiger partial charge in [0.1, 0.15) is 6.04 Å². The van der Waals surface area contributed by atoms with Crippen molar-refractivity contribution < 1.29 is 8.78 Å². The largest absolute Gasteiger partial charge is 0.387 e. The third kappa shape index (κ3) is 1.93. The number of nitrogens with zero attached hydrogens (tertiary/aromatic N) is 1. The molecule has 2 nitrogen and oxygen atoms in total. The Bertz CT molecular complexity index is 189. The highest BCUT2D eigenvalue weighted by Crippen LogP contribution is 2.37. The minimum atomic E-state index is -2.63. The highest BCUT2D eigenvalue weighted by atomic mass is 19.3. The zero-order chi connectivity index (χ0) is 9.19. The van der Waals surface area contributed by atoms with Gasteiger partial charge in [-0.3, -0.25) is 4.99 Å². The molecule has 12 heavy (non-hydrogen) atoms. The van der Waals surface area contributed by atoms with Gasteiger partial charge in [0.2, 0.25) is 0 Å². The lowest BCUT2D eigenvalue weighted by atomic mass is 10.2. The van der Waals surface area contributed by atoms with Crippen LogP contribution in [0.2, 0.25) is 0 Å². The molecular formula is C8H14F2N2. The maximum Gasteiger partial charge on any atom is 0.270 e. The standard InChI is InChI=1S/C8H14F2N2/c1-2-7(11)12-6-4-3-5-8(6,9)10/h6H,2-5H2,1H3,(H2,11,12). The third-order valence-corrected chi connectivity index (χ3v) is 2.16. The van der Waals surface area contributed by atoms with Crippen molar-refractivity contribution in [2.75, 3.05) is 0 Å². The zero-order valence-electron chi connectivity index (χ0n) is 7.19. The first-order valence-electron chi connectivity index (χ1n) is 4.26. The van der Waals surface area contributed by atoms with Crippen LogP contribution in [0.1, 0.15) is 32.6 Å². The van der Waals surface area contributed by atoms with Gasteiger partial charge in [0.25, 0.3) is 5.92 Å². The summed E-state index contributed by atoms with van der Waals surface area (Å²) < 4.78 is 25.9. The molecule has 4 heteroatoms. The van der Waals surface area contributed by atoms with E-state index in [0.29, 0.717) is 25.1 Å². The number of aliphatic imine (C=N–C) groups is 1. The minimum Gasteiger partial charge on any atom is -0.387 e. The Morgan fingerprint density at radius 2 is 2.33 bits per heavy atom. The van der Waals surface area contributed by atoms with E-state index in [-0.39, 0.29) is 6.42 Å². The summed E-state index contributed by atoms with van der Waals surface area (Å²) >= 11 is 0. The van der Waals surface area contributed by atoms with E-state index >= 15 is 0 Å². The fraction of sp³-hybridized carbons (Fsp3) is 0.875. The van der Waals surface area contributed by atoms with Crippen molar-refractivity contribution in [3.05, 3.63) is 0 Å². The summed E-state index contributed by atoms with van der Waals surface area (Å²) in [7, 11) is 0. The summed E-state index contributed by atoms with van der Waals surface area (Å²) in [4.78, 5) is 3.79. The van der Waals surface area contributed by atoms with Crippen LogP contribution in [0.3, 0.4) is 0 Å². The molecule has 0 bridgehead atoms. The molecule has 2 N–H and O–H groups in total. The Balaban J connectivity index is 2.63. The van der Waals surface area contributed by atoms with Crippen LogP contribution in [0, 0.1) is 0 Å². The van der Waals surface area contributed by atoms with Crippen LogP contribution in [0.15, 0.2) is 4.99 Å². The molecule has 0 aromatic carbocycles. The molecule has 70 valence electrons. The Hall–Kier alpha value is -0.670. The summed E-state index contributed by atoms with van der Waals surface area (Å²) in [5.41, 5.74) is 5.39. The van der Waals surface area contributed by atoms with E-state index in [4.69, 9.17) is 5.73 Å². The van der Waals surface area contributed by atoms with E-state index in [1.165, 1.54) is 0 Å². The summed E-state index contributed by atoms with van der Waals surface area (Å²) in [6.07, 6.45) is 1.52. The second-order valence-electron chi connectivity index (χ2n) is 3.14. The molecule has 0 saturated heterocycles. The van der Waals surface area contributed by atoms with Gasteiger partial charge in [-0.1, -0.05) is 6.92 Å². The monoisotopic (exact) mass is 176 g/mol. The van der Waals surface area contributed by atoms with Crippen LogP contribution >= 0.6 is 0 Å². The van der Waals surface area contributed by atoms with E-state index in [9.17, 15) is 8.78 Å². The number of rotatable bonds is 2. The molecule has 0 amide bonds. The maximum absolute atomic E-state index is 12.9. The van der Waals surface area contributed by atoms with Crippen molar-refractivity contribution in [1.29, 1.82) is 0 Å². The van der Waals surface area contributed by atoms with Gasteiger partial charge in [0.15, 0.2) is 0 Å². The molecule has 1 rings (SSSR count). The molecular weight excluding hydrogens is 162 g/mol. The van der Waals surface area contributed by atoms with Crippen LogP contribution < -0.4 is 5.73 Å². The molecule has 0 spiro atoms. The van der Waals surface area contributed by atoms with Crippen molar-refractivity contribution in [1.82, 2.24) is 0 Å². The van der Waals surface area contributed by atoms with Gasteiger partial charge < -0.3 is 5.73 Å². The van der Waals surface area contributed by atoms with Crippen LogP contribution in [0.4, 0.5) is 8.78 Å². The smallest absolute Gasteiger partial charge is 0.270 e. The number of halogens is 2. The summed E-state index contributed by atoms with van der Waals surface area (Å²) in [6, 6.07) is -0.863. The number of hydrogen-bond donors (Lipinski definition) is 1. The van der Waals surface area contributed by atoms with Crippen molar-refractivity contribution in [2.45, 2.75) is 44.6 Å². The van der Waals surface area contributed by atoms with Gasteiger partial charge in [-0.15, -0.1) is 0 Å². The van der Waals surface area contributed by atoms with Gasteiger partial charge in [-0.2, -0.15) is 0 Å². The average molecular weight is 176 g/mol. The van der Waals surface area contributed by atoms with Gasteiger partial charge >= 0.3 is 0 Å². The van der Waals surface area contributed by atoms with E-state index < -0.39 is 12.0 Å². The molecule has 1 atom stereocenters. The lowest BCUT2D eigenvalue weighted by molar-refractivity contribution is -0.00576. The van der Waals surface area contributed by atoms with Crippen LogP contribution in [0.25, 0.3) is 0 Å². The molecule has 0 aliphatic heterocycles. The SMILES string of the molecule is CCC(N)=NC1CCCC1(F)F. The summed E-state index contributed by atoms with van der Waals surface area (Å²) in [5, 5.41) is 0. The highest BCUT2D eigenvalue weighted by molar-refractivity contribution is 5.80. The predicted molar refractivity (Wildman–Crippen MR) is 44.5 cm³/mol. The Morgan fingerprint density at radius 1 is 1.67 bits per heavy atom. The normalized spacial score (nSPS) is 29.2. The second-order valence-corrected chi connectivity index (χ2v) is 3.14. The summed E-state index contributed by atoms with van der Waals surface area (Å²) in [6.45, 7) is 1.81. The first kappa shape index (κ1) is 9.42. The van der Waals surface area contributed by atoms with Gasteiger partial charge in [0, 0.05) is 12.8 Å². The number of hydrogen-bond acceptors (Lipinski definition) is 1. The first-order valence-corrected chi connectivity index (χ1v) is 4.26. The lowest BCUT2D eigenvalue weighted by Gasteiger charge is -2.15. The molecule has 1 aliphatic carbocycles. The van der Waals surface area contributed by atoms with Gasteiger partial charge in [-0.05, 0) is 12.8 Å². The van der Waals surface area contributed by atoms with Crippen LogP contribution in [0.5, 0.6) is 0 Å². The van der Waals surface area contributed by atoms with E-state index in [2.05, 4.69) is 4.99 Å². The Labute approximate surface area is 70.9 Å². The fourth-order valence-corrected chi connectivity index (χ4v) is 1.36. The molecule has 1 unspecified atom stereocenters. The topological polar surface area (TPSA) is 38.4 Å². The molecule has 0 heterocycles. The van der Waals surface area contributed by atoms with Crippen LogP contribution in [-0.2, 0) is 0 Å². The number of nitrogens with two attached hydrogens (primary N) is 1. The van der Waals surface area contributed by atoms with E-state index in [0.717, 1.165) is 0 Å². The lowest BCUT2D eigenvalue weighted by Crippen LogP contribution is -2.28. The Kier molecular flexibility index (Phi) is 2.65. The molecule has 1 aliphatic rings. The first-order chi connectivity index (χ1) is 5.56. The van der Waals surface area contributed by atoms with Gasteiger partial charge in [0.05, 0.1) is 5.84 Å². The average Bonchev–Trinajstić information content (AvgIpc) is 2.31. The number of amidine groups is 1. The highest BCUT2D eigenvalue weighted by Gasteiger charge is 2.43. The van der Waals surface area contributed by atoms with Crippen molar-refractivity contribution in [3.8, 4) is 0 Å². The van der Waals surface area contributed by atoms with Crippen LogP contribution in [-0.4, -0.2) is 17.8 Å². The van der Waals surface area contributed by atoms with E-state index in [1.54, 1.807) is 0 Å². The van der Waals surface area contributed by atoms with Gasteiger partial charge in [-0.25, -0.2) is 8.78 Å². The molecule has 0 radical (unpaired) electrons. The fourth-order valence-electron chi connectivity index (χ4n) is 1.36. The molecule has 1 fully saturated rings. The zero-order valence-corrected chi connectivity index (χ0v) is 7.19. The minimum absolute atomic E-state index is 0.0435.